The molecule has 0 aromatic heterocycles. The highest BCUT2D eigenvalue weighted by molar-refractivity contribution is 5.73. The van der Waals surface area contributed by atoms with Gasteiger partial charge in [-0.3, -0.25) is 0 Å². The summed E-state index contributed by atoms with van der Waals surface area (Å²) in [7, 11) is 1.55. The van der Waals surface area contributed by atoms with Gasteiger partial charge in [-0.15, -0.1) is 0 Å². The van der Waals surface area contributed by atoms with Gasteiger partial charge < -0.3 is 14.6 Å². The smallest absolute Gasteiger partial charge is 0.344 e. The number of unbranched alkanes of at least 4 members (excludes halogenated alkanes) is 1. The Morgan fingerprint density at radius 3 is 2.70 bits per heavy atom. The number of benzene rings is 1. The predicted molar refractivity (Wildman–Crippen MR) is 79.3 cm³/mol. The summed E-state index contributed by atoms with van der Waals surface area (Å²) < 4.78 is 10.9. The Balaban J connectivity index is 2.91. The number of methoxy groups -OCH3 is 1. The fourth-order valence-corrected chi connectivity index (χ4v) is 1.85. The van der Waals surface area contributed by atoms with E-state index in [1.165, 1.54) is 0 Å². The second kappa shape index (κ2) is 8.25. The Morgan fingerprint density at radius 1 is 1.40 bits per heavy atom. The van der Waals surface area contributed by atoms with Gasteiger partial charge in [0, 0.05) is 0 Å². The van der Waals surface area contributed by atoms with E-state index in [0.29, 0.717) is 17.9 Å². The van der Waals surface area contributed by atoms with Gasteiger partial charge in [0.15, 0.2) is 17.6 Å². The van der Waals surface area contributed by atoms with Crippen LogP contribution in [0.1, 0.15) is 38.7 Å². The number of aliphatic carboxylic acids is 1. The molecule has 0 bridgehead atoms. The normalized spacial score (nSPS) is 12.3. The third kappa shape index (κ3) is 4.61. The molecule has 0 heterocycles. The fourth-order valence-electron chi connectivity index (χ4n) is 1.85. The molecule has 20 heavy (non-hydrogen) atoms. The Bertz CT molecular complexity index is 466. The second-order valence-corrected chi connectivity index (χ2v) is 4.50. The maximum Gasteiger partial charge on any atom is 0.344 e. The molecule has 0 saturated carbocycles. The van der Waals surface area contributed by atoms with Gasteiger partial charge in [-0.25, -0.2) is 4.79 Å². The molecule has 0 amide bonds. The fraction of sp³-hybridized carbons (Fsp3) is 0.438. The maximum absolute atomic E-state index is 11.2. The lowest BCUT2D eigenvalue weighted by molar-refractivity contribution is -0.145. The van der Waals surface area contributed by atoms with E-state index in [2.05, 4.69) is 0 Å². The zero-order valence-electron chi connectivity index (χ0n) is 12.3. The van der Waals surface area contributed by atoms with Crippen molar-refractivity contribution >= 4 is 12.0 Å². The van der Waals surface area contributed by atoms with Crippen LogP contribution in [0.5, 0.6) is 11.5 Å². The maximum atomic E-state index is 11.2. The largest absolute Gasteiger partial charge is 0.493 e. The van der Waals surface area contributed by atoms with Crippen LogP contribution in [0.3, 0.4) is 0 Å². The van der Waals surface area contributed by atoms with Gasteiger partial charge in [0.1, 0.15) is 0 Å². The molecule has 0 aliphatic carbocycles. The second-order valence-electron chi connectivity index (χ2n) is 4.50. The van der Waals surface area contributed by atoms with Crippen molar-refractivity contribution in [3.05, 3.63) is 29.8 Å². The molecule has 1 atom stereocenters. The topological polar surface area (TPSA) is 55.8 Å². The Labute approximate surface area is 120 Å². The molecule has 4 nitrogen and oxygen atoms in total. The van der Waals surface area contributed by atoms with Crippen molar-refractivity contribution in [2.45, 2.75) is 39.2 Å². The molecule has 1 unspecified atom stereocenters. The average molecular weight is 278 g/mol. The highest BCUT2D eigenvalue weighted by atomic mass is 16.5. The first-order valence-electron chi connectivity index (χ1n) is 6.82. The minimum atomic E-state index is -0.946. The molecule has 1 N–H and O–H groups in total. The van der Waals surface area contributed by atoms with E-state index < -0.39 is 12.1 Å². The molecule has 0 fully saturated rings. The predicted octanol–water partition coefficient (Wildman–Crippen LogP) is 3.75. The van der Waals surface area contributed by atoms with Gasteiger partial charge >= 0.3 is 5.97 Å². The van der Waals surface area contributed by atoms with Crippen LogP contribution in [0.25, 0.3) is 6.08 Å². The van der Waals surface area contributed by atoms with E-state index in [0.717, 1.165) is 18.4 Å². The summed E-state index contributed by atoms with van der Waals surface area (Å²) in [5.41, 5.74) is 0.983. The molecule has 4 heteroatoms. The lowest BCUT2D eigenvalue weighted by atomic mass is 10.1. The first kappa shape index (κ1) is 16.1. The first-order valence-corrected chi connectivity index (χ1v) is 6.82. The van der Waals surface area contributed by atoms with Crippen molar-refractivity contribution in [1.29, 1.82) is 0 Å². The van der Waals surface area contributed by atoms with Crippen molar-refractivity contribution in [3.8, 4) is 11.5 Å². The summed E-state index contributed by atoms with van der Waals surface area (Å²) in [6.45, 7) is 3.95. The minimum absolute atomic E-state index is 0.462. The van der Waals surface area contributed by atoms with E-state index in [1.54, 1.807) is 13.2 Å². The summed E-state index contributed by atoms with van der Waals surface area (Å²) in [6, 6.07) is 5.45. The number of carbonyl (C=O) groups is 1. The Kier molecular flexibility index (Phi) is 6.64. The summed E-state index contributed by atoms with van der Waals surface area (Å²) in [5.74, 6) is 0.0608. The van der Waals surface area contributed by atoms with Gasteiger partial charge in [0.05, 0.1) is 7.11 Å². The standard InChI is InChI=1S/C16H22O4/c1-4-6-8-14(16(17)18)20-13-10-9-12(7-5-2)11-15(13)19-3/h5,7,9-11,14H,4,6,8H2,1-3H3,(H,17,18)/b7-5+. The summed E-state index contributed by atoms with van der Waals surface area (Å²) in [5, 5.41) is 9.19. The van der Waals surface area contributed by atoms with Crippen molar-refractivity contribution < 1.29 is 19.4 Å². The summed E-state index contributed by atoms with van der Waals surface area (Å²) in [4.78, 5) is 11.2. The zero-order valence-corrected chi connectivity index (χ0v) is 12.3. The highest BCUT2D eigenvalue weighted by Gasteiger charge is 2.20. The van der Waals surface area contributed by atoms with Crippen LogP contribution in [-0.4, -0.2) is 24.3 Å². The van der Waals surface area contributed by atoms with Crippen LogP contribution in [0.15, 0.2) is 24.3 Å². The van der Waals surface area contributed by atoms with Crippen molar-refractivity contribution in [2.75, 3.05) is 7.11 Å². The van der Waals surface area contributed by atoms with Gasteiger partial charge in [-0.2, -0.15) is 0 Å². The molecule has 1 aromatic rings. The lowest BCUT2D eigenvalue weighted by Crippen LogP contribution is -2.27. The van der Waals surface area contributed by atoms with Crippen LogP contribution in [-0.2, 0) is 4.79 Å². The van der Waals surface area contributed by atoms with Gasteiger partial charge in [0.25, 0.3) is 0 Å². The van der Waals surface area contributed by atoms with Crippen molar-refractivity contribution in [1.82, 2.24) is 0 Å². The van der Waals surface area contributed by atoms with Gasteiger partial charge in [-0.05, 0) is 37.5 Å². The molecule has 0 spiro atoms. The van der Waals surface area contributed by atoms with E-state index in [-0.39, 0.29) is 0 Å². The number of allylic oxidation sites excluding steroid dienone is 1. The van der Waals surface area contributed by atoms with Gasteiger partial charge in [0.2, 0.25) is 0 Å². The molecule has 0 radical (unpaired) electrons. The van der Waals surface area contributed by atoms with Crippen LogP contribution >= 0.6 is 0 Å². The van der Waals surface area contributed by atoms with E-state index >= 15 is 0 Å². The number of hydrogen-bond acceptors (Lipinski definition) is 3. The molecule has 0 saturated heterocycles. The zero-order chi connectivity index (χ0) is 15.0. The molecular formula is C16H22O4. The van der Waals surface area contributed by atoms with E-state index in [1.807, 2.05) is 38.1 Å². The highest BCUT2D eigenvalue weighted by Crippen LogP contribution is 2.30. The van der Waals surface area contributed by atoms with E-state index in [9.17, 15) is 9.90 Å². The van der Waals surface area contributed by atoms with E-state index in [4.69, 9.17) is 9.47 Å². The number of carboxylic acids is 1. The number of carboxylic acid groups (broad SMARTS) is 1. The van der Waals surface area contributed by atoms with Crippen molar-refractivity contribution in [3.63, 3.8) is 0 Å². The van der Waals surface area contributed by atoms with Crippen LogP contribution in [0.2, 0.25) is 0 Å². The SMILES string of the molecule is C/C=C/c1ccc(OC(CCCC)C(=O)O)c(OC)c1. The molecule has 1 aromatic carbocycles. The minimum Gasteiger partial charge on any atom is -0.493 e. The van der Waals surface area contributed by atoms with Crippen LogP contribution in [0.4, 0.5) is 0 Å². The molecule has 0 aliphatic rings. The van der Waals surface area contributed by atoms with Crippen molar-refractivity contribution in [2.24, 2.45) is 0 Å². The Hall–Kier alpha value is -1.97. The first-order chi connectivity index (χ1) is 9.62. The number of ether oxygens (including phenoxy) is 2. The molecule has 0 aliphatic heterocycles. The van der Waals surface area contributed by atoms with Crippen LogP contribution < -0.4 is 9.47 Å². The monoisotopic (exact) mass is 278 g/mol. The molecular weight excluding hydrogens is 256 g/mol. The number of hydrogen-bond donors (Lipinski definition) is 1. The summed E-state index contributed by atoms with van der Waals surface area (Å²) in [6.07, 6.45) is 5.28. The third-order valence-electron chi connectivity index (χ3n) is 2.91. The number of rotatable bonds is 8. The van der Waals surface area contributed by atoms with Crippen LogP contribution in [0, 0.1) is 0 Å². The third-order valence-corrected chi connectivity index (χ3v) is 2.91. The average Bonchev–Trinajstić information content (AvgIpc) is 2.44. The quantitative estimate of drug-likeness (QED) is 0.786. The summed E-state index contributed by atoms with van der Waals surface area (Å²) >= 11 is 0. The molecule has 110 valence electrons. The molecule has 1 rings (SSSR count). The lowest BCUT2D eigenvalue weighted by Gasteiger charge is -2.17. The Morgan fingerprint density at radius 2 is 2.15 bits per heavy atom. The van der Waals surface area contributed by atoms with Gasteiger partial charge in [-0.1, -0.05) is 31.6 Å².